The Morgan fingerprint density at radius 3 is 0.519 bits per heavy atom. The summed E-state index contributed by atoms with van der Waals surface area (Å²) >= 11 is 0. The average molecular weight is 1030 g/mol. The molecular formula is C77H74N2. The maximum Gasteiger partial charge on any atom is 0.0989 e. The Hall–Kier alpha value is -8.46. The van der Waals surface area contributed by atoms with Gasteiger partial charge in [0.05, 0.1) is 18.0 Å². The van der Waals surface area contributed by atoms with E-state index in [9.17, 15) is 0 Å². The topological polar surface area (TPSA) is 6.48 Å². The molecule has 392 valence electrons. The molecule has 0 aliphatic carbocycles. The summed E-state index contributed by atoms with van der Waals surface area (Å²) in [5.74, 6) is -0.224. The normalized spacial score (nSPS) is 12.5. The highest BCUT2D eigenvalue weighted by molar-refractivity contribution is 5.76. The fourth-order valence-electron chi connectivity index (χ4n) is 12.2. The lowest BCUT2D eigenvalue weighted by molar-refractivity contribution is 0.870. The second-order valence-electron chi connectivity index (χ2n) is 23.0. The summed E-state index contributed by atoms with van der Waals surface area (Å²) in [6.07, 6.45) is 4.76. The molecule has 0 bridgehead atoms. The smallest absolute Gasteiger partial charge is 0.0989 e. The van der Waals surface area contributed by atoms with Crippen LogP contribution in [-0.2, 0) is 0 Å². The van der Waals surface area contributed by atoms with Crippen molar-refractivity contribution in [2.75, 3.05) is 16.5 Å². The van der Waals surface area contributed by atoms with Crippen molar-refractivity contribution in [1.82, 2.24) is 0 Å². The molecule has 0 amide bonds. The average Bonchev–Trinajstić information content (AvgIpc) is 3.96. The predicted molar refractivity (Wildman–Crippen MR) is 335 cm³/mol. The van der Waals surface area contributed by atoms with Gasteiger partial charge in [-0.15, -0.1) is 0 Å². The van der Waals surface area contributed by atoms with Crippen LogP contribution in [0.2, 0.25) is 0 Å². The summed E-state index contributed by atoms with van der Waals surface area (Å²) in [5, 5.41) is 0. The molecule has 0 spiro atoms. The lowest BCUT2D eigenvalue weighted by atomic mass is 9.77. The van der Waals surface area contributed by atoms with E-state index in [1.807, 2.05) is 0 Å². The zero-order valence-corrected chi connectivity index (χ0v) is 47.9. The van der Waals surface area contributed by atoms with Gasteiger partial charge in [-0.05, 0) is 136 Å². The Balaban J connectivity index is 1.19. The molecule has 0 N–H and O–H groups in total. The molecule has 1 aliphatic rings. The van der Waals surface area contributed by atoms with Gasteiger partial charge in [0.2, 0.25) is 0 Å². The zero-order chi connectivity index (χ0) is 54.9. The Morgan fingerprint density at radius 1 is 0.215 bits per heavy atom. The zero-order valence-electron chi connectivity index (χ0n) is 47.9. The molecule has 0 radical (unpaired) electrons. The minimum Gasteiger partial charge on any atom is -0.327 e. The largest absolute Gasteiger partial charge is 0.327 e. The molecule has 0 aromatic heterocycles. The number of nitrogens with zero attached hydrogens (tertiary/aromatic N) is 2. The minimum absolute atomic E-state index is 0.0561. The Kier molecular flexibility index (Phi) is 15.0. The summed E-state index contributed by atoms with van der Waals surface area (Å²) in [4.78, 5) is 5.17. The molecule has 79 heavy (non-hydrogen) atoms. The molecule has 0 saturated carbocycles. The van der Waals surface area contributed by atoms with E-state index in [1.165, 1.54) is 134 Å². The first-order chi connectivity index (χ1) is 38.2. The third kappa shape index (κ3) is 11.2. The SMILES string of the molecule is Cc1ccc(C(c2ccc(C)cc2)c2cc(C)cc(C(c3ccc(C)cc3)c3ccc(C)cc3)c2N2C=CN(c3c(C(c4ccc(C)cc4)c4ccc(C)cc4)cc(C)cc3C(c3ccc(C)cc3)c3ccc(C)cc3)C2)cc1. The first kappa shape index (κ1) is 52.6. The quantitative estimate of drug-likeness (QED) is 0.100. The van der Waals surface area contributed by atoms with E-state index in [0.29, 0.717) is 6.67 Å². The molecule has 0 atom stereocenters. The van der Waals surface area contributed by atoms with E-state index < -0.39 is 0 Å². The van der Waals surface area contributed by atoms with Crippen LogP contribution in [0.1, 0.15) is 146 Å². The van der Waals surface area contributed by atoms with Crippen molar-refractivity contribution in [3.05, 3.63) is 353 Å². The van der Waals surface area contributed by atoms with Crippen molar-refractivity contribution in [2.45, 2.75) is 92.9 Å². The van der Waals surface area contributed by atoms with Crippen molar-refractivity contribution >= 4 is 11.4 Å². The highest BCUT2D eigenvalue weighted by Crippen LogP contribution is 2.50. The van der Waals surface area contributed by atoms with Gasteiger partial charge in [-0.25, -0.2) is 0 Å². The van der Waals surface area contributed by atoms with Gasteiger partial charge in [0, 0.05) is 36.1 Å². The van der Waals surface area contributed by atoms with Crippen LogP contribution >= 0.6 is 0 Å². The van der Waals surface area contributed by atoms with E-state index in [4.69, 9.17) is 0 Å². The van der Waals surface area contributed by atoms with Crippen molar-refractivity contribution in [1.29, 1.82) is 0 Å². The molecule has 10 aromatic carbocycles. The van der Waals surface area contributed by atoms with Crippen LogP contribution in [0.25, 0.3) is 0 Å². The van der Waals surface area contributed by atoms with Gasteiger partial charge in [-0.1, -0.05) is 274 Å². The van der Waals surface area contributed by atoms with Crippen LogP contribution in [0, 0.1) is 69.2 Å². The number of benzene rings is 10. The minimum atomic E-state index is -0.0561. The molecule has 11 rings (SSSR count). The summed E-state index contributed by atoms with van der Waals surface area (Å²) in [6, 6.07) is 84.1. The van der Waals surface area contributed by atoms with Crippen LogP contribution in [-0.4, -0.2) is 6.67 Å². The van der Waals surface area contributed by atoms with Crippen molar-refractivity contribution in [2.24, 2.45) is 0 Å². The first-order valence-electron chi connectivity index (χ1n) is 28.3. The van der Waals surface area contributed by atoms with Crippen molar-refractivity contribution in [3.63, 3.8) is 0 Å². The van der Waals surface area contributed by atoms with Crippen LogP contribution in [0.3, 0.4) is 0 Å². The third-order valence-corrected chi connectivity index (χ3v) is 16.5. The van der Waals surface area contributed by atoms with Gasteiger partial charge in [-0.3, -0.25) is 0 Å². The number of rotatable bonds is 14. The summed E-state index contributed by atoms with van der Waals surface area (Å²) < 4.78 is 0. The van der Waals surface area contributed by atoms with Gasteiger partial charge in [0.15, 0.2) is 0 Å². The fourth-order valence-corrected chi connectivity index (χ4v) is 12.2. The van der Waals surface area contributed by atoms with E-state index >= 15 is 0 Å². The molecule has 1 heterocycles. The van der Waals surface area contributed by atoms with Crippen LogP contribution in [0.15, 0.2) is 231 Å². The standard InChI is InChI=1S/C77H74N2/c1-50-11-27-60(28-12-50)72(61-29-13-51(2)14-30-61)68-45-58(9)46-69(73(62-31-15-52(3)16-32-62)63-33-17-53(4)18-34-63)76(68)78-43-44-79(49-78)77-70(74(64-35-19-54(5)20-36-64)65-37-21-55(6)22-38-65)47-59(10)48-71(77)75(66-39-23-56(7)24-40-66)67-41-25-57(8)26-42-67/h11-48,72-75H,49H2,1-10H3. The molecule has 1 aliphatic heterocycles. The van der Waals surface area contributed by atoms with Gasteiger partial charge >= 0.3 is 0 Å². The van der Waals surface area contributed by atoms with Crippen LogP contribution in [0.4, 0.5) is 11.4 Å². The van der Waals surface area contributed by atoms with Gasteiger partial charge in [-0.2, -0.15) is 0 Å². The number of anilines is 2. The number of hydrogen-bond donors (Lipinski definition) is 0. The fraction of sp³-hybridized carbons (Fsp3) is 0.195. The van der Waals surface area contributed by atoms with Crippen molar-refractivity contribution < 1.29 is 0 Å². The molecule has 2 nitrogen and oxygen atoms in total. The van der Waals surface area contributed by atoms with Crippen LogP contribution < -0.4 is 9.80 Å². The molecule has 0 fully saturated rings. The number of aryl methyl sites for hydroxylation is 10. The molecule has 0 saturated heterocycles. The molecule has 0 unspecified atom stereocenters. The lowest BCUT2D eigenvalue weighted by Crippen LogP contribution is -2.30. The Bertz CT molecular complexity index is 3090. The van der Waals surface area contributed by atoms with Crippen molar-refractivity contribution in [3.8, 4) is 0 Å². The summed E-state index contributed by atoms with van der Waals surface area (Å²) in [6.45, 7) is 22.7. The highest BCUT2D eigenvalue weighted by Gasteiger charge is 2.35. The highest BCUT2D eigenvalue weighted by atomic mass is 15.3. The predicted octanol–water partition coefficient (Wildman–Crippen LogP) is 19.2. The summed E-state index contributed by atoms with van der Waals surface area (Å²) in [7, 11) is 0. The third-order valence-electron chi connectivity index (χ3n) is 16.5. The Labute approximate surface area is 471 Å². The van der Waals surface area contributed by atoms with Gasteiger partial charge in [0.25, 0.3) is 0 Å². The second kappa shape index (κ2) is 22.5. The van der Waals surface area contributed by atoms with E-state index in [2.05, 4.69) is 310 Å². The molecular weight excluding hydrogens is 953 g/mol. The maximum absolute atomic E-state index is 2.59. The summed E-state index contributed by atoms with van der Waals surface area (Å²) in [5.41, 5.74) is 30.3. The lowest BCUT2D eigenvalue weighted by Gasteiger charge is -2.35. The maximum atomic E-state index is 2.59. The first-order valence-corrected chi connectivity index (χ1v) is 28.3. The van der Waals surface area contributed by atoms with E-state index in [-0.39, 0.29) is 23.7 Å². The monoisotopic (exact) mass is 1030 g/mol. The van der Waals surface area contributed by atoms with E-state index in [1.54, 1.807) is 0 Å². The van der Waals surface area contributed by atoms with Gasteiger partial charge in [0.1, 0.15) is 0 Å². The molecule has 10 aromatic rings. The van der Waals surface area contributed by atoms with Crippen LogP contribution in [0.5, 0.6) is 0 Å². The number of hydrogen-bond acceptors (Lipinski definition) is 2. The van der Waals surface area contributed by atoms with E-state index in [0.717, 1.165) is 0 Å². The van der Waals surface area contributed by atoms with Gasteiger partial charge < -0.3 is 9.80 Å². The second-order valence-corrected chi connectivity index (χ2v) is 23.0. The Morgan fingerprint density at radius 2 is 0.367 bits per heavy atom. The molecule has 2 heteroatoms.